The fourth-order valence-corrected chi connectivity index (χ4v) is 1.69. The third-order valence-corrected chi connectivity index (χ3v) is 2.70. The topological polar surface area (TPSA) is 28.7 Å². The standard InChI is InChI=1S/C14H18N2/c1-10-9-15-13(16-10)11-6-5-7-12(8-11)14(2,3)4/h5-9H,1-4H3,(H,15,16). The SMILES string of the molecule is Cc1cnc(-c2cccc(C(C)(C)C)c2)[nH]1. The van der Waals surface area contributed by atoms with Gasteiger partial charge in [0.25, 0.3) is 0 Å². The van der Waals surface area contributed by atoms with E-state index in [0.29, 0.717) is 0 Å². The molecule has 0 unspecified atom stereocenters. The van der Waals surface area contributed by atoms with Crippen molar-refractivity contribution in [2.75, 3.05) is 0 Å². The minimum atomic E-state index is 0.178. The molecular weight excluding hydrogens is 196 g/mol. The van der Waals surface area contributed by atoms with Gasteiger partial charge in [0.15, 0.2) is 0 Å². The number of aromatic nitrogens is 2. The number of aromatic amines is 1. The van der Waals surface area contributed by atoms with Gasteiger partial charge >= 0.3 is 0 Å². The highest BCUT2D eigenvalue weighted by molar-refractivity contribution is 5.57. The van der Waals surface area contributed by atoms with Gasteiger partial charge in [-0.15, -0.1) is 0 Å². The van der Waals surface area contributed by atoms with Gasteiger partial charge in [0.05, 0.1) is 0 Å². The maximum absolute atomic E-state index is 4.35. The molecule has 0 radical (unpaired) electrons. The molecule has 0 amide bonds. The lowest BCUT2D eigenvalue weighted by Crippen LogP contribution is -2.10. The molecule has 1 aromatic carbocycles. The number of hydrogen-bond acceptors (Lipinski definition) is 1. The van der Waals surface area contributed by atoms with Gasteiger partial charge < -0.3 is 4.98 Å². The van der Waals surface area contributed by atoms with E-state index in [1.54, 1.807) is 0 Å². The molecule has 0 aliphatic rings. The van der Waals surface area contributed by atoms with E-state index in [4.69, 9.17) is 0 Å². The summed E-state index contributed by atoms with van der Waals surface area (Å²) in [4.78, 5) is 7.61. The molecule has 2 heteroatoms. The minimum absolute atomic E-state index is 0.178. The fourth-order valence-electron chi connectivity index (χ4n) is 1.69. The van der Waals surface area contributed by atoms with E-state index in [2.05, 4.69) is 55.0 Å². The zero-order valence-electron chi connectivity index (χ0n) is 10.3. The van der Waals surface area contributed by atoms with Crippen LogP contribution in [-0.2, 0) is 5.41 Å². The summed E-state index contributed by atoms with van der Waals surface area (Å²) in [5.41, 5.74) is 3.76. The van der Waals surface area contributed by atoms with Crippen molar-refractivity contribution in [2.45, 2.75) is 33.1 Å². The van der Waals surface area contributed by atoms with E-state index in [9.17, 15) is 0 Å². The lowest BCUT2D eigenvalue weighted by molar-refractivity contribution is 0.590. The molecule has 1 aromatic heterocycles. The van der Waals surface area contributed by atoms with E-state index in [1.807, 2.05) is 13.1 Å². The number of aryl methyl sites for hydroxylation is 1. The highest BCUT2D eigenvalue weighted by Crippen LogP contribution is 2.26. The van der Waals surface area contributed by atoms with Gasteiger partial charge in [-0.05, 0) is 24.0 Å². The maximum atomic E-state index is 4.35. The molecule has 16 heavy (non-hydrogen) atoms. The van der Waals surface area contributed by atoms with Crippen LogP contribution in [0.15, 0.2) is 30.5 Å². The first kappa shape index (κ1) is 10.9. The third kappa shape index (κ3) is 2.16. The van der Waals surface area contributed by atoms with Crippen molar-refractivity contribution in [3.05, 3.63) is 41.7 Å². The predicted molar refractivity (Wildman–Crippen MR) is 67.5 cm³/mol. The number of rotatable bonds is 1. The highest BCUT2D eigenvalue weighted by atomic mass is 14.9. The van der Waals surface area contributed by atoms with Crippen LogP contribution in [0.5, 0.6) is 0 Å². The van der Waals surface area contributed by atoms with Gasteiger partial charge in [-0.3, -0.25) is 0 Å². The van der Waals surface area contributed by atoms with Crippen molar-refractivity contribution in [1.29, 1.82) is 0 Å². The molecule has 0 aliphatic heterocycles. The summed E-state index contributed by atoms with van der Waals surface area (Å²) in [5, 5.41) is 0. The van der Waals surface area contributed by atoms with Gasteiger partial charge in [0, 0.05) is 17.5 Å². The van der Waals surface area contributed by atoms with E-state index < -0.39 is 0 Å². The average molecular weight is 214 g/mol. The fraction of sp³-hybridized carbons (Fsp3) is 0.357. The molecule has 1 heterocycles. The summed E-state index contributed by atoms with van der Waals surface area (Å²) in [6.45, 7) is 8.68. The second kappa shape index (κ2) is 3.78. The maximum Gasteiger partial charge on any atom is 0.137 e. The molecule has 2 aromatic rings. The molecule has 0 atom stereocenters. The van der Waals surface area contributed by atoms with Gasteiger partial charge in [0.1, 0.15) is 5.82 Å². The second-order valence-corrected chi connectivity index (χ2v) is 5.25. The smallest absolute Gasteiger partial charge is 0.137 e. The number of benzene rings is 1. The van der Waals surface area contributed by atoms with Crippen LogP contribution in [0.4, 0.5) is 0 Å². The largest absolute Gasteiger partial charge is 0.342 e. The van der Waals surface area contributed by atoms with Crippen LogP contribution in [0.25, 0.3) is 11.4 Å². The van der Waals surface area contributed by atoms with Crippen LogP contribution in [0, 0.1) is 6.92 Å². The van der Waals surface area contributed by atoms with Crippen molar-refractivity contribution in [3.8, 4) is 11.4 Å². The second-order valence-electron chi connectivity index (χ2n) is 5.25. The molecule has 0 aliphatic carbocycles. The quantitative estimate of drug-likeness (QED) is 0.770. The summed E-state index contributed by atoms with van der Waals surface area (Å²) in [7, 11) is 0. The number of nitrogens with one attached hydrogen (secondary N) is 1. The van der Waals surface area contributed by atoms with Gasteiger partial charge in [-0.1, -0.05) is 39.0 Å². The van der Waals surface area contributed by atoms with Crippen molar-refractivity contribution in [2.24, 2.45) is 0 Å². The van der Waals surface area contributed by atoms with Gasteiger partial charge in [0.2, 0.25) is 0 Å². The highest BCUT2D eigenvalue weighted by Gasteiger charge is 2.14. The monoisotopic (exact) mass is 214 g/mol. The van der Waals surface area contributed by atoms with Crippen LogP contribution < -0.4 is 0 Å². The zero-order valence-corrected chi connectivity index (χ0v) is 10.3. The molecule has 2 rings (SSSR count). The Kier molecular flexibility index (Phi) is 2.58. The summed E-state index contributed by atoms with van der Waals surface area (Å²) >= 11 is 0. The Morgan fingerprint density at radius 1 is 1.19 bits per heavy atom. The first-order chi connectivity index (χ1) is 7.47. The molecule has 1 N–H and O–H groups in total. The zero-order chi connectivity index (χ0) is 11.8. The molecule has 0 fully saturated rings. The number of nitrogens with zero attached hydrogens (tertiary/aromatic N) is 1. The van der Waals surface area contributed by atoms with Crippen molar-refractivity contribution >= 4 is 0 Å². The Bertz CT molecular complexity index is 489. The summed E-state index contributed by atoms with van der Waals surface area (Å²) in [5.74, 6) is 0.948. The molecule has 0 saturated carbocycles. The summed E-state index contributed by atoms with van der Waals surface area (Å²) < 4.78 is 0. The van der Waals surface area contributed by atoms with E-state index in [1.165, 1.54) is 5.56 Å². The summed E-state index contributed by atoms with van der Waals surface area (Å²) in [6.07, 6.45) is 1.86. The molecule has 0 bridgehead atoms. The lowest BCUT2D eigenvalue weighted by Gasteiger charge is -2.19. The normalized spacial score (nSPS) is 11.8. The van der Waals surface area contributed by atoms with Crippen molar-refractivity contribution in [1.82, 2.24) is 9.97 Å². The van der Waals surface area contributed by atoms with Crippen LogP contribution in [0.3, 0.4) is 0 Å². The Balaban J connectivity index is 2.44. The molecule has 0 spiro atoms. The van der Waals surface area contributed by atoms with Crippen LogP contribution >= 0.6 is 0 Å². The first-order valence-corrected chi connectivity index (χ1v) is 5.59. The third-order valence-electron chi connectivity index (χ3n) is 2.70. The molecule has 84 valence electrons. The number of imidazole rings is 1. The predicted octanol–water partition coefficient (Wildman–Crippen LogP) is 3.68. The van der Waals surface area contributed by atoms with Gasteiger partial charge in [-0.2, -0.15) is 0 Å². The minimum Gasteiger partial charge on any atom is -0.342 e. The van der Waals surface area contributed by atoms with E-state index >= 15 is 0 Å². The van der Waals surface area contributed by atoms with Crippen LogP contribution in [0.1, 0.15) is 32.0 Å². The van der Waals surface area contributed by atoms with Crippen LogP contribution in [0.2, 0.25) is 0 Å². The van der Waals surface area contributed by atoms with E-state index in [-0.39, 0.29) is 5.41 Å². The Hall–Kier alpha value is -1.57. The first-order valence-electron chi connectivity index (χ1n) is 5.59. The number of H-pyrrole nitrogens is 1. The molecular formula is C14H18N2. The van der Waals surface area contributed by atoms with E-state index in [0.717, 1.165) is 17.1 Å². The van der Waals surface area contributed by atoms with Crippen molar-refractivity contribution in [3.63, 3.8) is 0 Å². The Morgan fingerprint density at radius 3 is 2.50 bits per heavy atom. The number of hydrogen-bond donors (Lipinski definition) is 1. The van der Waals surface area contributed by atoms with Crippen molar-refractivity contribution < 1.29 is 0 Å². The molecule has 2 nitrogen and oxygen atoms in total. The molecule has 0 saturated heterocycles. The van der Waals surface area contributed by atoms with Gasteiger partial charge in [-0.25, -0.2) is 4.98 Å². The lowest BCUT2D eigenvalue weighted by atomic mass is 9.86. The summed E-state index contributed by atoms with van der Waals surface area (Å²) in [6, 6.07) is 8.55. The Morgan fingerprint density at radius 2 is 1.94 bits per heavy atom. The average Bonchev–Trinajstić information content (AvgIpc) is 2.64. The Labute approximate surface area is 96.7 Å². The van der Waals surface area contributed by atoms with Crippen LogP contribution in [-0.4, -0.2) is 9.97 Å².